The molecule has 1 unspecified atom stereocenters. The summed E-state index contributed by atoms with van der Waals surface area (Å²) >= 11 is 0. The highest BCUT2D eigenvalue weighted by atomic mass is 16.5. The molecule has 0 saturated heterocycles. The topological polar surface area (TPSA) is 12.5 Å². The van der Waals surface area contributed by atoms with E-state index in [9.17, 15) is 0 Å². The van der Waals surface area contributed by atoms with Gasteiger partial charge < -0.3 is 9.64 Å². The maximum atomic E-state index is 7.08. The van der Waals surface area contributed by atoms with Crippen LogP contribution in [-0.2, 0) is 0 Å². The first-order valence-electron chi connectivity index (χ1n) is 16.3. The third-order valence-electron chi connectivity index (χ3n) is 9.73. The molecular formula is C45H33NO. The van der Waals surface area contributed by atoms with Crippen molar-refractivity contribution in [3.05, 3.63) is 181 Å². The first kappa shape index (κ1) is 27.5. The van der Waals surface area contributed by atoms with Crippen molar-refractivity contribution in [3.8, 4) is 28.0 Å². The number of fused-ring (bicyclic) bond motifs is 6. The number of nitrogens with zero attached hydrogens (tertiary/aromatic N) is 1. The Morgan fingerprint density at radius 2 is 1.17 bits per heavy atom. The second kappa shape index (κ2) is 10.9. The molecule has 1 heterocycles. The fraction of sp³-hybridized carbons (Fsp3) is 0.0667. The number of allylic oxidation sites excluding steroid dienone is 1. The molecule has 9 rings (SSSR count). The largest absolute Gasteiger partial charge is 0.481 e. The quantitative estimate of drug-likeness (QED) is 0.194. The summed E-state index contributed by atoms with van der Waals surface area (Å²) in [6.07, 6.45) is 5.38. The molecule has 2 aliphatic rings. The number of anilines is 2. The van der Waals surface area contributed by atoms with Crippen LogP contribution < -0.4 is 9.64 Å². The molecule has 47 heavy (non-hydrogen) atoms. The number of hydrogen-bond acceptors (Lipinski definition) is 2. The Bertz CT molecular complexity index is 2350. The van der Waals surface area contributed by atoms with Crippen molar-refractivity contribution >= 4 is 38.5 Å². The van der Waals surface area contributed by atoms with Crippen LogP contribution in [0.3, 0.4) is 0 Å². The summed E-state index contributed by atoms with van der Waals surface area (Å²) < 4.78 is 7.08. The van der Waals surface area contributed by atoms with E-state index >= 15 is 0 Å². The predicted octanol–water partition coefficient (Wildman–Crippen LogP) is 12.0. The van der Waals surface area contributed by atoms with E-state index in [4.69, 9.17) is 4.74 Å². The summed E-state index contributed by atoms with van der Waals surface area (Å²) in [7, 11) is 0. The Kier molecular flexibility index (Phi) is 6.36. The maximum absolute atomic E-state index is 7.08. The van der Waals surface area contributed by atoms with Crippen LogP contribution >= 0.6 is 0 Å². The first-order valence-corrected chi connectivity index (χ1v) is 16.3. The van der Waals surface area contributed by atoms with Crippen LogP contribution in [0.5, 0.6) is 5.75 Å². The number of benzene rings is 7. The smallest absolute Gasteiger partial charge is 0.137 e. The molecule has 224 valence electrons. The van der Waals surface area contributed by atoms with Gasteiger partial charge in [0.15, 0.2) is 0 Å². The fourth-order valence-corrected chi connectivity index (χ4v) is 7.52. The SMILES string of the molecule is CC12CC=CC(N(c3ccc(-c4ccccc4)cc3)c3cccc4ccccc34)=C1c1cc(-c3ccccc3)c3ccccc3c1O2. The molecule has 0 N–H and O–H groups in total. The molecule has 2 nitrogen and oxygen atoms in total. The van der Waals surface area contributed by atoms with Crippen LogP contribution in [0.2, 0.25) is 0 Å². The highest BCUT2D eigenvalue weighted by molar-refractivity contribution is 6.07. The molecule has 0 radical (unpaired) electrons. The van der Waals surface area contributed by atoms with Crippen molar-refractivity contribution in [2.75, 3.05) is 4.90 Å². The van der Waals surface area contributed by atoms with Crippen molar-refractivity contribution in [1.82, 2.24) is 0 Å². The van der Waals surface area contributed by atoms with E-state index in [0.29, 0.717) is 0 Å². The third kappa shape index (κ3) is 4.48. The molecule has 1 atom stereocenters. The lowest BCUT2D eigenvalue weighted by Gasteiger charge is -2.35. The van der Waals surface area contributed by atoms with Gasteiger partial charge in [0.05, 0.1) is 11.4 Å². The highest BCUT2D eigenvalue weighted by Gasteiger charge is 2.45. The summed E-state index contributed by atoms with van der Waals surface area (Å²) in [6, 6.07) is 56.6. The minimum atomic E-state index is -0.517. The van der Waals surface area contributed by atoms with Gasteiger partial charge in [0.2, 0.25) is 0 Å². The summed E-state index contributed by atoms with van der Waals surface area (Å²) in [5.74, 6) is 0.969. The van der Waals surface area contributed by atoms with E-state index in [2.05, 4.69) is 182 Å². The Morgan fingerprint density at radius 1 is 0.553 bits per heavy atom. The van der Waals surface area contributed by atoms with Crippen molar-refractivity contribution in [3.63, 3.8) is 0 Å². The zero-order valence-electron chi connectivity index (χ0n) is 26.2. The van der Waals surface area contributed by atoms with Crippen molar-refractivity contribution in [2.24, 2.45) is 0 Å². The molecular weight excluding hydrogens is 571 g/mol. The van der Waals surface area contributed by atoms with Gasteiger partial charge in [-0.25, -0.2) is 0 Å². The van der Waals surface area contributed by atoms with Gasteiger partial charge in [-0.1, -0.05) is 140 Å². The Morgan fingerprint density at radius 3 is 1.94 bits per heavy atom. The lowest BCUT2D eigenvalue weighted by atomic mass is 9.82. The van der Waals surface area contributed by atoms with Gasteiger partial charge in [-0.15, -0.1) is 0 Å². The molecule has 1 aliphatic heterocycles. The molecule has 0 spiro atoms. The van der Waals surface area contributed by atoms with Crippen LogP contribution in [0, 0.1) is 0 Å². The van der Waals surface area contributed by atoms with Crippen LogP contribution in [-0.4, -0.2) is 5.60 Å². The number of rotatable bonds is 5. The molecule has 0 fully saturated rings. The third-order valence-corrected chi connectivity index (χ3v) is 9.73. The Balaban J connectivity index is 1.33. The summed E-state index contributed by atoms with van der Waals surface area (Å²) in [6.45, 7) is 2.25. The van der Waals surface area contributed by atoms with Gasteiger partial charge in [0.1, 0.15) is 11.4 Å². The monoisotopic (exact) mass is 603 g/mol. The first-order chi connectivity index (χ1) is 23.2. The molecule has 0 saturated carbocycles. The summed E-state index contributed by atoms with van der Waals surface area (Å²) in [5.41, 5.74) is 10.1. The Labute approximate surface area is 275 Å². The predicted molar refractivity (Wildman–Crippen MR) is 197 cm³/mol. The zero-order valence-corrected chi connectivity index (χ0v) is 26.2. The van der Waals surface area contributed by atoms with E-state index in [-0.39, 0.29) is 0 Å². The van der Waals surface area contributed by atoms with Gasteiger partial charge in [0, 0.05) is 34.0 Å². The second-order valence-corrected chi connectivity index (χ2v) is 12.7. The van der Waals surface area contributed by atoms with Gasteiger partial charge in [-0.2, -0.15) is 0 Å². The molecule has 1 aliphatic carbocycles. The average molecular weight is 604 g/mol. The second-order valence-electron chi connectivity index (χ2n) is 12.7. The lowest BCUT2D eigenvalue weighted by molar-refractivity contribution is 0.171. The highest BCUT2D eigenvalue weighted by Crippen LogP contribution is 2.55. The summed E-state index contributed by atoms with van der Waals surface area (Å²) in [5, 5.41) is 4.77. The standard InChI is InChI=1S/C45H33NO/c1-45-29-13-24-42(43(45)40-30-39(34-16-6-3-7-17-34)37-21-10-11-22-38(37)44(40)47-45)46(41-23-12-19-33-18-8-9-20-36(33)41)35-27-25-32(26-28-35)31-14-4-2-5-15-31/h2-28,30H,29H2,1H3. The minimum absolute atomic E-state index is 0.517. The number of hydrogen-bond donors (Lipinski definition) is 0. The van der Waals surface area contributed by atoms with Gasteiger partial charge >= 0.3 is 0 Å². The van der Waals surface area contributed by atoms with Crippen molar-refractivity contribution in [2.45, 2.75) is 18.9 Å². The zero-order chi connectivity index (χ0) is 31.4. The number of ether oxygens (including phenoxy) is 1. The van der Waals surface area contributed by atoms with E-state index in [1.54, 1.807) is 0 Å². The van der Waals surface area contributed by atoms with Crippen LogP contribution in [0.4, 0.5) is 11.4 Å². The fourth-order valence-electron chi connectivity index (χ4n) is 7.52. The van der Waals surface area contributed by atoms with Crippen molar-refractivity contribution in [1.29, 1.82) is 0 Å². The van der Waals surface area contributed by atoms with Crippen molar-refractivity contribution < 1.29 is 4.74 Å². The van der Waals surface area contributed by atoms with Gasteiger partial charge in [-0.05, 0) is 70.3 Å². The molecule has 0 amide bonds. The maximum Gasteiger partial charge on any atom is 0.137 e. The molecule has 0 bridgehead atoms. The van der Waals surface area contributed by atoms with Crippen LogP contribution in [0.1, 0.15) is 18.9 Å². The minimum Gasteiger partial charge on any atom is -0.481 e. The normalized spacial score (nSPS) is 16.6. The van der Waals surface area contributed by atoms with Gasteiger partial charge in [-0.3, -0.25) is 0 Å². The van der Waals surface area contributed by atoms with Crippen LogP contribution in [0.15, 0.2) is 176 Å². The van der Waals surface area contributed by atoms with E-state index < -0.39 is 5.60 Å². The van der Waals surface area contributed by atoms with E-state index in [1.165, 1.54) is 44.0 Å². The molecule has 0 aromatic heterocycles. The van der Waals surface area contributed by atoms with Gasteiger partial charge in [0.25, 0.3) is 0 Å². The van der Waals surface area contributed by atoms with E-state index in [0.717, 1.165) is 40.2 Å². The van der Waals surface area contributed by atoms with Crippen LogP contribution in [0.25, 0.3) is 49.4 Å². The molecule has 7 aromatic carbocycles. The Hall–Kier alpha value is -5.86. The lowest BCUT2D eigenvalue weighted by Crippen LogP contribution is -2.33. The molecule has 2 heteroatoms. The van der Waals surface area contributed by atoms with E-state index in [1.807, 2.05) is 0 Å². The average Bonchev–Trinajstić information content (AvgIpc) is 3.45. The summed E-state index contributed by atoms with van der Waals surface area (Å²) in [4.78, 5) is 2.44. The molecule has 7 aromatic rings.